The fourth-order valence-corrected chi connectivity index (χ4v) is 3.13. The highest BCUT2D eigenvalue weighted by atomic mass is 19.4. The van der Waals surface area contributed by atoms with Crippen LogP contribution in [0.25, 0.3) is 11.1 Å². The zero-order valence-electron chi connectivity index (χ0n) is 16.6. The molecular formula is C23H18F4N2O3. The summed E-state index contributed by atoms with van der Waals surface area (Å²) in [4.78, 5) is 16.8. The van der Waals surface area contributed by atoms with Crippen molar-refractivity contribution in [2.45, 2.75) is 24.6 Å². The number of ether oxygens (including phenoxy) is 1. The van der Waals surface area contributed by atoms with Crippen LogP contribution in [0.15, 0.2) is 60.8 Å². The van der Waals surface area contributed by atoms with Gasteiger partial charge in [-0.2, -0.15) is 13.2 Å². The van der Waals surface area contributed by atoms with E-state index in [-0.39, 0.29) is 29.4 Å². The molecule has 3 aromatic rings. The number of amides is 1. The van der Waals surface area contributed by atoms with Crippen molar-refractivity contribution in [3.63, 3.8) is 0 Å². The molecule has 0 saturated heterocycles. The van der Waals surface area contributed by atoms with E-state index >= 15 is 0 Å². The summed E-state index contributed by atoms with van der Waals surface area (Å²) in [5.74, 6) is -0.884. The largest absolute Gasteiger partial charge is 0.438 e. The average molecular weight is 446 g/mol. The van der Waals surface area contributed by atoms with E-state index in [4.69, 9.17) is 4.74 Å². The maximum absolute atomic E-state index is 13.8. The Morgan fingerprint density at radius 3 is 2.44 bits per heavy atom. The zero-order chi connectivity index (χ0) is 22.9. The van der Waals surface area contributed by atoms with Crippen LogP contribution in [0.2, 0.25) is 0 Å². The van der Waals surface area contributed by atoms with Gasteiger partial charge in [-0.25, -0.2) is 9.37 Å². The Labute approximate surface area is 180 Å². The van der Waals surface area contributed by atoms with Gasteiger partial charge in [0.25, 0.3) is 5.91 Å². The minimum Gasteiger partial charge on any atom is -0.438 e. The number of carbonyl (C=O) groups excluding carboxylic acids is 1. The summed E-state index contributed by atoms with van der Waals surface area (Å²) < 4.78 is 57.9. The molecule has 1 aromatic heterocycles. The number of carbonyl (C=O) groups is 1. The van der Waals surface area contributed by atoms with Crippen LogP contribution >= 0.6 is 0 Å². The van der Waals surface area contributed by atoms with Gasteiger partial charge in [-0.05, 0) is 60.9 Å². The Bertz CT molecular complexity index is 1140. The first-order valence-corrected chi connectivity index (χ1v) is 9.74. The quantitative estimate of drug-likeness (QED) is 0.526. The standard InChI is InChI=1S/C23H18F4N2O3/c24-17-3-1-2-14(10-17)19-11-15(20(31)29-22(13-30)8-9-22)12-28-21(19)32-18-6-4-16(5-7-18)23(25,26)27/h1-7,10-12,30H,8-9,13H2,(H,29,31). The predicted molar refractivity (Wildman–Crippen MR) is 108 cm³/mol. The van der Waals surface area contributed by atoms with Gasteiger partial charge in [0.2, 0.25) is 5.88 Å². The zero-order valence-corrected chi connectivity index (χ0v) is 16.6. The number of halogens is 4. The van der Waals surface area contributed by atoms with E-state index in [1.807, 2.05) is 0 Å². The number of nitrogens with zero attached hydrogens (tertiary/aromatic N) is 1. The molecule has 0 aliphatic heterocycles. The highest BCUT2D eigenvalue weighted by Gasteiger charge is 2.43. The molecule has 0 radical (unpaired) electrons. The molecule has 4 rings (SSSR count). The average Bonchev–Trinajstić information content (AvgIpc) is 3.53. The molecule has 1 amide bonds. The van der Waals surface area contributed by atoms with Gasteiger partial charge in [0, 0.05) is 11.8 Å². The summed E-state index contributed by atoms with van der Waals surface area (Å²) in [5, 5.41) is 12.2. The van der Waals surface area contributed by atoms with E-state index in [2.05, 4.69) is 10.3 Å². The van der Waals surface area contributed by atoms with Crippen molar-refractivity contribution >= 4 is 5.91 Å². The minimum absolute atomic E-state index is 0.00444. The molecular weight excluding hydrogens is 428 g/mol. The van der Waals surface area contributed by atoms with Crippen LogP contribution < -0.4 is 10.1 Å². The first-order valence-electron chi connectivity index (χ1n) is 9.74. The molecule has 2 aromatic carbocycles. The van der Waals surface area contributed by atoms with Crippen LogP contribution in [-0.4, -0.2) is 28.1 Å². The van der Waals surface area contributed by atoms with Crippen LogP contribution in [0, 0.1) is 5.82 Å². The summed E-state index contributed by atoms with van der Waals surface area (Å²) in [6.45, 7) is -0.183. The van der Waals surface area contributed by atoms with Crippen molar-refractivity contribution in [3.05, 3.63) is 77.7 Å². The Balaban J connectivity index is 1.67. The van der Waals surface area contributed by atoms with Gasteiger partial charge >= 0.3 is 6.18 Å². The smallest absolute Gasteiger partial charge is 0.416 e. The van der Waals surface area contributed by atoms with Crippen molar-refractivity contribution in [1.29, 1.82) is 0 Å². The van der Waals surface area contributed by atoms with Gasteiger partial charge in [0.15, 0.2) is 0 Å². The van der Waals surface area contributed by atoms with E-state index in [9.17, 15) is 27.5 Å². The minimum atomic E-state index is -4.48. The number of hydrogen-bond donors (Lipinski definition) is 2. The second-order valence-electron chi connectivity index (χ2n) is 7.60. The Morgan fingerprint density at radius 2 is 1.84 bits per heavy atom. The van der Waals surface area contributed by atoms with E-state index in [0.717, 1.165) is 24.3 Å². The summed E-state index contributed by atoms with van der Waals surface area (Å²) in [5.41, 5.74) is -0.633. The third kappa shape index (κ3) is 4.72. The van der Waals surface area contributed by atoms with Crippen LogP contribution in [0.3, 0.4) is 0 Å². The van der Waals surface area contributed by atoms with E-state index in [0.29, 0.717) is 18.4 Å². The monoisotopic (exact) mass is 446 g/mol. The molecule has 1 saturated carbocycles. The second kappa shape index (κ2) is 8.23. The lowest BCUT2D eigenvalue weighted by Gasteiger charge is -2.16. The van der Waals surface area contributed by atoms with Gasteiger partial charge in [0.05, 0.1) is 23.3 Å². The summed E-state index contributed by atoms with van der Waals surface area (Å²) >= 11 is 0. The molecule has 5 nitrogen and oxygen atoms in total. The molecule has 1 heterocycles. The van der Waals surface area contributed by atoms with Gasteiger partial charge in [-0.3, -0.25) is 4.79 Å². The van der Waals surface area contributed by atoms with Gasteiger partial charge < -0.3 is 15.2 Å². The molecule has 32 heavy (non-hydrogen) atoms. The van der Waals surface area contributed by atoms with Gasteiger partial charge in [-0.15, -0.1) is 0 Å². The summed E-state index contributed by atoms with van der Waals surface area (Å²) in [7, 11) is 0. The van der Waals surface area contributed by atoms with Crippen molar-refractivity contribution in [3.8, 4) is 22.8 Å². The normalized spacial score (nSPS) is 14.7. The number of nitrogens with one attached hydrogen (secondary N) is 1. The van der Waals surface area contributed by atoms with Crippen molar-refractivity contribution in [2.75, 3.05) is 6.61 Å². The topological polar surface area (TPSA) is 71.5 Å². The number of aliphatic hydroxyl groups excluding tert-OH is 1. The molecule has 0 unspecified atom stereocenters. The molecule has 1 aliphatic carbocycles. The fraction of sp³-hybridized carbons (Fsp3) is 0.217. The highest BCUT2D eigenvalue weighted by Crippen LogP contribution is 2.37. The van der Waals surface area contributed by atoms with E-state index in [1.165, 1.54) is 30.5 Å². The lowest BCUT2D eigenvalue weighted by atomic mass is 10.0. The van der Waals surface area contributed by atoms with E-state index in [1.54, 1.807) is 6.07 Å². The molecule has 9 heteroatoms. The van der Waals surface area contributed by atoms with Crippen LogP contribution in [-0.2, 0) is 6.18 Å². The van der Waals surface area contributed by atoms with E-state index < -0.39 is 29.0 Å². The number of benzene rings is 2. The molecule has 1 fully saturated rings. The summed E-state index contributed by atoms with van der Waals surface area (Å²) in [6, 6.07) is 11.1. The SMILES string of the molecule is O=C(NC1(CO)CC1)c1cnc(Oc2ccc(C(F)(F)F)cc2)c(-c2cccc(F)c2)c1. The van der Waals surface area contributed by atoms with Crippen LogP contribution in [0.1, 0.15) is 28.8 Å². The first-order chi connectivity index (χ1) is 15.2. The highest BCUT2D eigenvalue weighted by molar-refractivity contribution is 5.96. The van der Waals surface area contributed by atoms with Gasteiger partial charge in [-0.1, -0.05) is 12.1 Å². The lowest BCUT2D eigenvalue weighted by Crippen LogP contribution is -2.39. The van der Waals surface area contributed by atoms with Gasteiger partial charge in [0.1, 0.15) is 11.6 Å². The Morgan fingerprint density at radius 1 is 1.12 bits per heavy atom. The molecule has 2 N–H and O–H groups in total. The molecule has 0 spiro atoms. The molecule has 166 valence electrons. The number of aromatic nitrogens is 1. The number of aliphatic hydroxyl groups is 1. The predicted octanol–water partition coefficient (Wildman–Crippen LogP) is 4.95. The van der Waals surface area contributed by atoms with Crippen LogP contribution in [0.4, 0.5) is 17.6 Å². The number of alkyl halides is 3. The second-order valence-corrected chi connectivity index (χ2v) is 7.60. The summed E-state index contributed by atoms with van der Waals surface area (Å²) in [6.07, 6.45) is -1.90. The van der Waals surface area contributed by atoms with Crippen LogP contribution in [0.5, 0.6) is 11.6 Å². The molecule has 0 bridgehead atoms. The molecule has 0 atom stereocenters. The Kier molecular flexibility index (Phi) is 5.60. The maximum Gasteiger partial charge on any atom is 0.416 e. The third-order valence-electron chi connectivity index (χ3n) is 5.18. The first kappa shape index (κ1) is 21.8. The molecule has 1 aliphatic rings. The number of hydrogen-bond acceptors (Lipinski definition) is 4. The Hall–Kier alpha value is -3.46. The third-order valence-corrected chi connectivity index (χ3v) is 5.18. The van der Waals surface area contributed by atoms with Crippen molar-refractivity contribution in [2.24, 2.45) is 0 Å². The maximum atomic E-state index is 13.8. The fourth-order valence-electron chi connectivity index (χ4n) is 3.13. The number of rotatable bonds is 6. The number of pyridine rings is 1. The lowest BCUT2D eigenvalue weighted by molar-refractivity contribution is -0.137. The van der Waals surface area contributed by atoms with Crippen molar-refractivity contribution in [1.82, 2.24) is 10.3 Å². The van der Waals surface area contributed by atoms with Crippen molar-refractivity contribution < 1.29 is 32.2 Å².